The summed E-state index contributed by atoms with van der Waals surface area (Å²) in [5, 5.41) is 0. The smallest absolute Gasteiger partial charge is 0.242 e. The van der Waals surface area contributed by atoms with Crippen LogP contribution in [-0.2, 0) is 9.59 Å². The summed E-state index contributed by atoms with van der Waals surface area (Å²) in [4.78, 5) is 30.3. The highest BCUT2D eigenvalue weighted by Crippen LogP contribution is 2.37. The lowest BCUT2D eigenvalue weighted by Gasteiger charge is -2.44. The van der Waals surface area contributed by atoms with Crippen molar-refractivity contribution >= 4 is 29.3 Å². The van der Waals surface area contributed by atoms with Crippen molar-refractivity contribution in [2.24, 2.45) is 5.92 Å². The molecule has 2 heterocycles. The third kappa shape index (κ3) is 2.94. The number of anilines is 1. The number of para-hydroxylation sites is 1. The van der Waals surface area contributed by atoms with Crippen LogP contribution in [0.2, 0.25) is 0 Å². The monoisotopic (exact) mass is 344 g/mol. The highest BCUT2D eigenvalue weighted by molar-refractivity contribution is 8.00. The number of piperidine rings is 1. The summed E-state index contributed by atoms with van der Waals surface area (Å²) in [7, 11) is 0. The van der Waals surface area contributed by atoms with Crippen LogP contribution < -0.4 is 4.90 Å². The van der Waals surface area contributed by atoms with Crippen LogP contribution in [0, 0.1) is 5.92 Å². The van der Waals surface area contributed by atoms with Crippen LogP contribution in [0.15, 0.2) is 29.2 Å². The molecule has 24 heavy (non-hydrogen) atoms. The van der Waals surface area contributed by atoms with Crippen molar-refractivity contribution in [2.45, 2.75) is 49.5 Å². The fourth-order valence-corrected chi connectivity index (χ4v) is 5.42. The molecule has 128 valence electrons. The molecule has 0 spiro atoms. The number of likely N-dealkylation sites (tertiary alicyclic amines) is 1. The molecule has 2 atom stereocenters. The topological polar surface area (TPSA) is 40.6 Å². The predicted molar refractivity (Wildman–Crippen MR) is 96.2 cm³/mol. The van der Waals surface area contributed by atoms with Gasteiger partial charge in [0.15, 0.2) is 0 Å². The Bertz CT molecular complexity index is 646. The summed E-state index contributed by atoms with van der Waals surface area (Å²) in [6, 6.07) is 8.31. The van der Waals surface area contributed by atoms with Crippen molar-refractivity contribution in [1.29, 1.82) is 0 Å². The van der Waals surface area contributed by atoms with Crippen LogP contribution in [0.1, 0.15) is 38.5 Å². The summed E-state index contributed by atoms with van der Waals surface area (Å²) in [6.07, 6.45) is 7.29. The summed E-state index contributed by atoms with van der Waals surface area (Å²) in [5.74, 6) is 1.28. The van der Waals surface area contributed by atoms with Gasteiger partial charge < -0.3 is 9.80 Å². The largest absolute Gasteiger partial charge is 0.338 e. The summed E-state index contributed by atoms with van der Waals surface area (Å²) in [6.45, 7) is 1.05. The van der Waals surface area contributed by atoms with Gasteiger partial charge >= 0.3 is 0 Å². The Hall–Kier alpha value is -1.49. The minimum Gasteiger partial charge on any atom is -0.338 e. The Morgan fingerprint density at radius 3 is 2.83 bits per heavy atom. The zero-order valence-corrected chi connectivity index (χ0v) is 14.8. The van der Waals surface area contributed by atoms with Gasteiger partial charge in [0.1, 0.15) is 6.54 Å². The Balaban J connectivity index is 1.52. The number of thioether (sulfide) groups is 1. The third-order valence-corrected chi connectivity index (χ3v) is 6.71. The standard InChI is InChI=1S/C19H24N2O2S/c22-18(20-11-5-7-14-6-1-2-8-15(14)20)12-21-16-9-3-4-10-17(16)24-13-19(21)23/h3-4,9-10,14-15H,1-2,5-8,11-13H2. The maximum absolute atomic E-state index is 13.0. The molecule has 3 aliphatic rings. The second-order valence-electron chi connectivity index (χ2n) is 7.08. The van der Waals surface area contributed by atoms with Crippen molar-refractivity contribution in [3.63, 3.8) is 0 Å². The second-order valence-corrected chi connectivity index (χ2v) is 8.09. The summed E-state index contributed by atoms with van der Waals surface area (Å²) < 4.78 is 0. The summed E-state index contributed by atoms with van der Waals surface area (Å²) >= 11 is 1.57. The molecule has 2 unspecified atom stereocenters. The normalized spacial score (nSPS) is 26.8. The quantitative estimate of drug-likeness (QED) is 0.826. The van der Waals surface area contributed by atoms with E-state index in [4.69, 9.17) is 0 Å². The van der Waals surface area contributed by atoms with Crippen molar-refractivity contribution in [3.05, 3.63) is 24.3 Å². The minimum absolute atomic E-state index is 0.0456. The molecule has 0 aromatic heterocycles. The SMILES string of the molecule is O=C1CSc2ccccc2N1CC(=O)N1CCCC2CCCCC21. The van der Waals surface area contributed by atoms with Crippen LogP contribution >= 0.6 is 11.8 Å². The van der Waals surface area contributed by atoms with Crippen LogP contribution in [0.25, 0.3) is 0 Å². The Labute approximate surface area is 147 Å². The molecule has 2 fully saturated rings. The molecule has 1 aromatic rings. The number of benzene rings is 1. The number of amides is 2. The van der Waals surface area contributed by atoms with E-state index in [-0.39, 0.29) is 18.4 Å². The molecular formula is C19H24N2O2S. The first-order chi connectivity index (χ1) is 11.7. The van der Waals surface area contributed by atoms with E-state index in [1.807, 2.05) is 24.3 Å². The highest BCUT2D eigenvalue weighted by Gasteiger charge is 2.37. The van der Waals surface area contributed by atoms with E-state index in [0.29, 0.717) is 17.7 Å². The number of hydrogen-bond donors (Lipinski definition) is 0. The lowest BCUT2D eigenvalue weighted by atomic mass is 9.78. The molecule has 1 saturated carbocycles. The Morgan fingerprint density at radius 1 is 1.12 bits per heavy atom. The van der Waals surface area contributed by atoms with E-state index < -0.39 is 0 Å². The maximum Gasteiger partial charge on any atom is 0.242 e. The first-order valence-corrected chi connectivity index (χ1v) is 10.0. The molecule has 1 saturated heterocycles. The van der Waals surface area contributed by atoms with Gasteiger partial charge in [-0.15, -0.1) is 11.8 Å². The molecular weight excluding hydrogens is 320 g/mol. The van der Waals surface area contributed by atoms with Crippen molar-refractivity contribution in [3.8, 4) is 0 Å². The molecule has 1 aliphatic carbocycles. The predicted octanol–water partition coefficient (Wildman–Crippen LogP) is 3.31. The molecule has 1 aromatic carbocycles. The van der Waals surface area contributed by atoms with Crippen LogP contribution in [0.4, 0.5) is 5.69 Å². The molecule has 2 aliphatic heterocycles. The van der Waals surface area contributed by atoms with Gasteiger partial charge in [0.25, 0.3) is 0 Å². The van der Waals surface area contributed by atoms with Gasteiger partial charge in [-0.2, -0.15) is 0 Å². The highest BCUT2D eigenvalue weighted by atomic mass is 32.2. The zero-order chi connectivity index (χ0) is 16.5. The van der Waals surface area contributed by atoms with Gasteiger partial charge in [-0.05, 0) is 43.7 Å². The zero-order valence-electron chi connectivity index (χ0n) is 13.9. The van der Waals surface area contributed by atoms with Crippen LogP contribution in [-0.4, -0.2) is 41.6 Å². The van der Waals surface area contributed by atoms with Crippen molar-refractivity contribution in [1.82, 2.24) is 4.90 Å². The van der Waals surface area contributed by atoms with Crippen molar-refractivity contribution in [2.75, 3.05) is 23.7 Å². The van der Waals surface area contributed by atoms with Gasteiger partial charge in [0, 0.05) is 17.5 Å². The number of hydrogen-bond acceptors (Lipinski definition) is 3. The summed E-state index contributed by atoms with van der Waals surface area (Å²) in [5.41, 5.74) is 0.893. The van der Waals surface area contributed by atoms with Gasteiger partial charge in [0.2, 0.25) is 11.8 Å². The van der Waals surface area contributed by atoms with Gasteiger partial charge in [-0.3, -0.25) is 9.59 Å². The van der Waals surface area contributed by atoms with Gasteiger partial charge in [0.05, 0.1) is 11.4 Å². The molecule has 0 bridgehead atoms. The number of nitrogens with zero attached hydrogens (tertiary/aromatic N) is 2. The van der Waals surface area contributed by atoms with E-state index in [1.165, 1.54) is 25.7 Å². The van der Waals surface area contributed by atoms with Gasteiger partial charge in [-0.25, -0.2) is 0 Å². The first kappa shape index (κ1) is 16.0. The fraction of sp³-hybridized carbons (Fsp3) is 0.579. The number of carbonyl (C=O) groups is 2. The molecule has 4 rings (SSSR count). The Morgan fingerprint density at radius 2 is 1.92 bits per heavy atom. The Kier molecular flexibility index (Phi) is 4.53. The van der Waals surface area contributed by atoms with E-state index in [2.05, 4.69) is 4.90 Å². The van der Waals surface area contributed by atoms with E-state index in [1.54, 1.807) is 16.7 Å². The number of carbonyl (C=O) groups excluding carboxylic acids is 2. The van der Waals surface area contributed by atoms with E-state index >= 15 is 0 Å². The lowest BCUT2D eigenvalue weighted by Crippen LogP contribution is -2.53. The van der Waals surface area contributed by atoms with Gasteiger partial charge in [-0.1, -0.05) is 25.0 Å². The molecule has 2 amide bonds. The molecule has 0 radical (unpaired) electrons. The lowest BCUT2D eigenvalue weighted by molar-refractivity contribution is -0.137. The first-order valence-electron chi connectivity index (χ1n) is 9.06. The van der Waals surface area contributed by atoms with Crippen molar-refractivity contribution < 1.29 is 9.59 Å². The maximum atomic E-state index is 13.0. The van der Waals surface area contributed by atoms with E-state index in [0.717, 1.165) is 30.0 Å². The average molecular weight is 344 g/mol. The van der Waals surface area contributed by atoms with E-state index in [9.17, 15) is 9.59 Å². The molecule has 0 N–H and O–H groups in total. The molecule has 4 nitrogen and oxygen atoms in total. The molecule has 5 heteroatoms. The van der Waals surface area contributed by atoms with Crippen LogP contribution in [0.5, 0.6) is 0 Å². The third-order valence-electron chi connectivity index (χ3n) is 5.67. The van der Waals surface area contributed by atoms with Crippen LogP contribution in [0.3, 0.4) is 0 Å². The number of rotatable bonds is 2. The number of fused-ring (bicyclic) bond motifs is 2. The average Bonchev–Trinajstić information content (AvgIpc) is 2.63. The second kappa shape index (κ2) is 6.79. The fourth-order valence-electron chi connectivity index (χ4n) is 4.49. The minimum atomic E-state index is 0.0456.